The lowest BCUT2D eigenvalue weighted by Gasteiger charge is -2.17. The molecule has 3 rings (SSSR count). The second-order valence-corrected chi connectivity index (χ2v) is 12.9. The highest BCUT2D eigenvalue weighted by atomic mass is 33.1. The van der Waals surface area contributed by atoms with E-state index in [1.807, 2.05) is 4.98 Å². The van der Waals surface area contributed by atoms with Crippen LogP contribution in [0.1, 0.15) is 6.23 Å². The maximum absolute atomic E-state index is 11.7. The van der Waals surface area contributed by atoms with Crippen LogP contribution in [0.15, 0.2) is 46.6 Å². The lowest BCUT2D eigenvalue weighted by atomic mass is 10.1. The van der Waals surface area contributed by atoms with Gasteiger partial charge in [0.05, 0.1) is 17.6 Å². The van der Waals surface area contributed by atoms with E-state index in [0.29, 0.717) is 0 Å². The summed E-state index contributed by atoms with van der Waals surface area (Å²) < 4.78 is 32.7. The number of aliphatic hydroxyl groups is 2. The van der Waals surface area contributed by atoms with Gasteiger partial charge in [-0.15, -0.1) is 0 Å². The average Bonchev–Trinajstić information content (AvgIpc) is 2.95. The Kier molecular flexibility index (Phi) is 8.85. The molecule has 0 bridgehead atoms. The van der Waals surface area contributed by atoms with Crippen LogP contribution in [-0.2, 0) is 18.4 Å². The van der Waals surface area contributed by atoms with E-state index in [-0.39, 0.29) is 0 Å². The molecule has 2 aromatic rings. The Balaban J connectivity index is 0.000000488. The number of nitrogens with zero attached hydrogens (tertiary/aromatic N) is 3. The minimum atomic E-state index is -4.90. The quantitative estimate of drug-likeness (QED) is 0.250. The molecule has 18 heteroatoms. The van der Waals surface area contributed by atoms with Crippen molar-refractivity contribution >= 4 is 24.6 Å². The normalized spacial score (nSPS) is 25.3. The van der Waals surface area contributed by atoms with E-state index < -0.39 is 67.0 Å². The average molecular weight is 500 g/mol. The van der Waals surface area contributed by atoms with Gasteiger partial charge in [-0.05, 0) is 6.07 Å². The van der Waals surface area contributed by atoms with Gasteiger partial charge in [0.15, 0.2) is 6.23 Å². The lowest BCUT2D eigenvalue weighted by Crippen LogP contribution is -2.37. The number of hydrogen-bond acceptors (Lipinski definition) is 11. The molecule has 1 fully saturated rings. The molecule has 0 amide bonds. The monoisotopic (exact) mass is 500 g/mol. The highest BCUT2D eigenvalue weighted by Gasteiger charge is 2.45. The summed E-state index contributed by atoms with van der Waals surface area (Å²) in [5, 5.41) is 19.8. The number of H-pyrrole nitrogens is 1. The van der Waals surface area contributed by atoms with Crippen LogP contribution in [0, 0.1) is 0 Å². The third-order valence-corrected chi connectivity index (χ3v) is 9.79. The first-order valence-electron chi connectivity index (χ1n) is 8.17. The molecule has 0 saturated carbocycles. The Morgan fingerprint density at radius 3 is 2.29 bits per heavy atom. The molecule has 1 aliphatic rings. The zero-order valence-electron chi connectivity index (χ0n) is 15.3. The zero-order chi connectivity index (χ0) is 23.2. The highest BCUT2D eigenvalue weighted by Crippen LogP contribution is 2.72. The van der Waals surface area contributed by atoms with Gasteiger partial charge in [-0.3, -0.25) is 18.9 Å². The summed E-state index contributed by atoms with van der Waals surface area (Å²) in [6, 6.07) is 2.76. The fourth-order valence-electron chi connectivity index (χ4n) is 2.30. The number of nitrogens with one attached hydrogen (secondary N) is 1. The lowest BCUT2D eigenvalue weighted by molar-refractivity contribution is -0.0520. The fraction of sp³-hybridized carbons (Fsp3) is 0.385. The maximum Gasteiger partial charge on any atom is 0.397 e. The van der Waals surface area contributed by atoms with Gasteiger partial charge in [0, 0.05) is 24.7 Å². The topological polar surface area (TPSA) is 234 Å². The number of ether oxygens (including phenoxy) is 1. The molecule has 1 aliphatic heterocycles. The van der Waals surface area contributed by atoms with Gasteiger partial charge >= 0.3 is 19.3 Å². The largest absolute Gasteiger partial charge is 0.397 e. The van der Waals surface area contributed by atoms with Crippen LogP contribution >= 0.6 is 24.6 Å². The predicted molar refractivity (Wildman–Crippen MR) is 105 cm³/mol. The molecule has 0 aliphatic carbocycles. The molecule has 1 saturated heterocycles. The molecular formula is C13H18N4O11P2S. The third kappa shape index (κ3) is 8.05. The zero-order valence-corrected chi connectivity index (χ0v) is 17.9. The first kappa shape index (κ1) is 25.5. The van der Waals surface area contributed by atoms with Crippen molar-refractivity contribution in [3.8, 4) is 0 Å². The summed E-state index contributed by atoms with van der Waals surface area (Å²) in [7, 11) is 0. The Bertz CT molecular complexity index is 1030. The third-order valence-electron chi connectivity index (χ3n) is 3.55. The first-order valence-corrected chi connectivity index (χ1v) is 13.4. The summed E-state index contributed by atoms with van der Waals surface area (Å²) in [6.07, 6.45) is -0.170. The number of aromatic amines is 1. The standard InChI is InChI=1S/C9H14N2O11P2S.C4H4N2/c12-5-1-2-11(9(15)10-5)8-7(14)6(13)4(22-8)3-21-24(19,20)25-23(16,17)18;1-2-5-4-6-3-1/h1-2,4,6-8,13-14H,3H2,(H,19,20)(H,10,12,15)(H2,16,17,18);1-4H/t4-,6-,7-,8-;/m1./s1. The van der Waals surface area contributed by atoms with Crippen molar-refractivity contribution in [1.29, 1.82) is 0 Å². The molecule has 0 aromatic carbocycles. The summed E-state index contributed by atoms with van der Waals surface area (Å²) in [4.78, 5) is 58.6. The van der Waals surface area contributed by atoms with Crippen molar-refractivity contribution in [3.63, 3.8) is 0 Å². The van der Waals surface area contributed by atoms with E-state index in [1.54, 1.807) is 18.5 Å². The van der Waals surface area contributed by atoms with E-state index in [0.717, 1.165) is 16.8 Å². The van der Waals surface area contributed by atoms with Gasteiger partial charge in [0.1, 0.15) is 24.6 Å². The highest BCUT2D eigenvalue weighted by molar-refractivity contribution is 8.84. The number of aliphatic hydroxyl groups excluding tert-OH is 2. The minimum absolute atomic E-state index is 0.593. The number of hydrogen-bond donors (Lipinski definition) is 6. The smallest absolute Gasteiger partial charge is 0.387 e. The van der Waals surface area contributed by atoms with Gasteiger partial charge in [-0.1, -0.05) is 0 Å². The Morgan fingerprint density at radius 1 is 1.16 bits per heavy atom. The number of aromatic nitrogens is 4. The van der Waals surface area contributed by atoms with Gasteiger partial charge in [-0.2, -0.15) is 0 Å². The van der Waals surface area contributed by atoms with Crippen LogP contribution in [0.2, 0.25) is 0 Å². The fourth-order valence-corrected chi connectivity index (χ4v) is 6.93. The Hall–Kier alpha value is -1.71. The van der Waals surface area contributed by atoms with E-state index >= 15 is 0 Å². The molecule has 3 heterocycles. The van der Waals surface area contributed by atoms with Crippen LogP contribution in [0.3, 0.4) is 0 Å². The van der Waals surface area contributed by atoms with Gasteiger partial charge in [0.25, 0.3) is 5.56 Å². The van der Waals surface area contributed by atoms with Gasteiger partial charge in [0.2, 0.25) is 0 Å². The molecule has 15 nitrogen and oxygen atoms in total. The molecule has 1 unspecified atom stereocenters. The maximum atomic E-state index is 11.7. The molecular weight excluding hydrogens is 482 g/mol. The number of rotatable bonds is 6. The molecule has 0 radical (unpaired) electrons. The second-order valence-electron chi connectivity index (χ2n) is 5.80. The summed E-state index contributed by atoms with van der Waals surface area (Å²) in [6.45, 7) is -10.5. The van der Waals surface area contributed by atoms with Crippen LogP contribution in [0.25, 0.3) is 0 Å². The van der Waals surface area contributed by atoms with Gasteiger partial charge in [-0.25, -0.2) is 23.9 Å². The van der Waals surface area contributed by atoms with Gasteiger partial charge < -0.3 is 29.6 Å². The SMILES string of the molecule is O=c1ccn([C@@H]2O[C@H](COP(=O)(O)SP(=O)(O)O)[C@@H](O)[C@H]2O)c(=O)[nH]1.c1cncnc1. The first-order chi connectivity index (χ1) is 14.4. The molecule has 5 atom stereocenters. The molecule has 31 heavy (non-hydrogen) atoms. The molecule has 0 spiro atoms. The van der Waals surface area contributed by atoms with E-state index in [9.17, 15) is 33.8 Å². The summed E-state index contributed by atoms with van der Waals surface area (Å²) >= 11 is -0.593. The second kappa shape index (κ2) is 10.7. The predicted octanol–water partition coefficient (Wildman–Crippen LogP) is -1.42. The van der Waals surface area contributed by atoms with Crippen LogP contribution < -0.4 is 11.2 Å². The van der Waals surface area contributed by atoms with E-state index in [4.69, 9.17) is 14.5 Å². The Labute approximate surface area is 176 Å². The Morgan fingerprint density at radius 2 is 1.81 bits per heavy atom. The van der Waals surface area contributed by atoms with Crippen LogP contribution in [-0.4, -0.2) is 69.3 Å². The van der Waals surface area contributed by atoms with Crippen molar-refractivity contribution < 1.29 is 43.3 Å². The van der Waals surface area contributed by atoms with Crippen LogP contribution in [0.4, 0.5) is 0 Å². The molecule has 2 aromatic heterocycles. The van der Waals surface area contributed by atoms with E-state index in [1.165, 1.54) is 6.33 Å². The van der Waals surface area contributed by atoms with Crippen LogP contribution in [0.5, 0.6) is 0 Å². The van der Waals surface area contributed by atoms with Crippen molar-refractivity contribution in [2.24, 2.45) is 0 Å². The summed E-state index contributed by atoms with van der Waals surface area (Å²) in [5.41, 5.74) is -1.61. The molecule has 172 valence electrons. The van der Waals surface area contributed by atoms with Crippen molar-refractivity contribution in [3.05, 3.63) is 57.9 Å². The van der Waals surface area contributed by atoms with E-state index in [2.05, 4.69) is 14.5 Å². The minimum Gasteiger partial charge on any atom is -0.387 e. The van der Waals surface area contributed by atoms with Crippen molar-refractivity contribution in [2.75, 3.05) is 6.61 Å². The van der Waals surface area contributed by atoms with Crippen molar-refractivity contribution in [1.82, 2.24) is 19.5 Å². The molecule has 6 N–H and O–H groups in total. The van der Waals surface area contributed by atoms with Crippen molar-refractivity contribution in [2.45, 2.75) is 24.5 Å². The summed E-state index contributed by atoms with van der Waals surface area (Å²) in [5.74, 6) is 0.